The summed E-state index contributed by atoms with van der Waals surface area (Å²) in [5.74, 6) is -1.14. The van der Waals surface area contributed by atoms with Gasteiger partial charge in [0.05, 0.1) is 11.9 Å². The number of imide groups is 1. The number of nitrogens with two attached hydrogens (primary N) is 1. The molecule has 9 heteroatoms. The van der Waals surface area contributed by atoms with Gasteiger partial charge in [0.2, 0.25) is 11.8 Å². The molecule has 1 saturated heterocycles. The van der Waals surface area contributed by atoms with Gasteiger partial charge in [-0.15, -0.1) is 5.10 Å². The Balaban J connectivity index is 1.68. The molecule has 1 heterocycles. The van der Waals surface area contributed by atoms with Gasteiger partial charge in [-0.25, -0.2) is 4.90 Å². The lowest BCUT2D eigenvalue weighted by Crippen LogP contribution is -2.32. The Morgan fingerprint density at radius 2 is 1.96 bits per heavy atom. The van der Waals surface area contributed by atoms with Crippen LogP contribution in [0.15, 0.2) is 52.7 Å². The molecule has 28 heavy (non-hydrogen) atoms. The quantitative estimate of drug-likeness (QED) is 0.238. The molecule has 0 aromatic heterocycles. The van der Waals surface area contributed by atoms with Crippen LogP contribution in [0.1, 0.15) is 17.5 Å². The zero-order valence-electron chi connectivity index (χ0n) is 14.9. The Morgan fingerprint density at radius 3 is 2.68 bits per heavy atom. The molecule has 0 radical (unpaired) electrons. The molecule has 0 spiro atoms. The standard InChI is InChI=1S/C19H18N4O4S/c1-11-4-2-3-5-13(11)23-17(26)9-16(18(23)27)28-19(20)22-21-10-12-6-7-14(24)15(25)8-12/h2-8,10,16,24-25H,9H2,1H3,(H2,20,22)/b21-10+/t16-/m1/s1. The number of phenolic OH excluding ortho intramolecular Hbond substituents is 2. The maximum absolute atomic E-state index is 12.7. The normalized spacial score (nSPS) is 17.7. The second kappa shape index (κ2) is 8.13. The molecule has 0 bridgehead atoms. The largest absolute Gasteiger partial charge is 0.504 e. The fraction of sp³-hybridized carbons (Fsp3) is 0.158. The van der Waals surface area contributed by atoms with Crippen LogP contribution in [-0.4, -0.2) is 38.7 Å². The number of benzene rings is 2. The summed E-state index contributed by atoms with van der Waals surface area (Å²) in [5.41, 5.74) is 7.73. The molecule has 8 nitrogen and oxygen atoms in total. The molecular weight excluding hydrogens is 380 g/mol. The highest BCUT2D eigenvalue weighted by Gasteiger charge is 2.41. The van der Waals surface area contributed by atoms with Crippen molar-refractivity contribution in [2.24, 2.45) is 15.9 Å². The van der Waals surface area contributed by atoms with Crippen LogP contribution >= 0.6 is 11.8 Å². The monoisotopic (exact) mass is 398 g/mol. The Bertz CT molecular complexity index is 990. The average molecular weight is 398 g/mol. The summed E-state index contributed by atoms with van der Waals surface area (Å²) >= 11 is 0.977. The number of hydrogen-bond acceptors (Lipinski definition) is 7. The highest BCUT2D eigenvalue weighted by Crippen LogP contribution is 2.31. The molecular formula is C19H18N4O4S. The molecule has 0 unspecified atom stereocenters. The number of carbonyl (C=O) groups is 2. The Hall–Kier alpha value is -3.33. The van der Waals surface area contributed by atoms with Gasteiger partial charge >= 0.3 is 0 Å². The van der Waals surface area contributed by atoms with Crippen LogP contribution in [0.4, 0.5) is 5.69 Å². The van der Waals surface area contributed by atoms with E-state index < -0.39 is 5.25 Å². The van der Waals surface area contributed by atoms with E-state index in [2.05, 4.69) is 10.2 Å². The first-order valence-corrected chi connectivity index (χ1v) is 9.22. The Kier molecular flexibility index (Phi) is 5.65. The number of para-hydroxylation sites is 1. The first-order valence-electron chi connectivity index (χ1n) is 8.34. The van der Waals surface area contributed by atoms with E-state index in [0.29, 0.717) is 11.3 Å². The van der Waals surface area contributed by atoms with Crippen LogP contribution < -0.4 is 10.6 Å². The number of phenols is 2. The maximum atomic E-state index is 12.7. The number of rotatable bonds is 4. The molecule has 1 atom stereocenters. The SMILES string of the molecule is Cc1ccccc1N1C(=O)C[C@@H](S/C(N)=N/N=C/c2ccc(O)c(O)c2)C1=O. The van der Waals surface area contributed by atoms with Crippen LogP contribution in [-0.2, 0) is 9.59 Å². The van der Waals surface area contributed by atoms with E-state index in [1.807, 2.05) is 19.1 Å². The number of amides is 2. The van der Waals surface area contributed by atoms with Crippen molar-refractivity contribution in [2.75, 3.05) is 4.90 Å². The maximum Gasteiger partial charge on any atom is 0.247 e. The van der Waals surface area contributed by atoms with Gasteiger partial charge in [-0.05, 0) is 42.3 Å². The fourth-order valence-corrected chi connectivity index (χ4v) is 3.52. The summed E-state index contributed by atoms with van der Waals surface area (Å²) in [6, 6.07) is 11.4. The second-order valence-electron chi connectivity index (χ2n) is 6.10. The van der Waals surface area contributed by atoms with Crippen LogP contribution in [0.25, 0.3) is 0 Å². The minimum atomic E-state index is -0.663. The van der Waals surface area contributed by atoms with Crippen LogP contribution in [0.2, 0.25) is 0 Å². The lowest BCUT2D eigenvalue weighted by Gasteiger charge is -2.16. The third-order valence-corrected chi connectivity index (χ3v) is 5.06. The van der Waals surface area contributed by atoms with Crippen molar-refractivity contribution in [2.45, 2.75) is 18.6 Å². The molecule has 0 aliphatic carbocycles. The van der Waals surface area contributed by atoms with Crippen molar-refractivity contribution < 1.29 is 19.8 Å². The van der Waals surface area contributed by atoms with Gasteiger partial charge in [-0.3, -0.25) is 9.59 Å². The summed E-state index contributed by atoms with van der Waals surface area (Å²) in [4.78, 5) is 26.2. The van der Waals surface area contributed by atoms with Gasteiger partial charge in [-0.2, -0.15) is 5.10 Å². The smallest absolute Gasteiger partial charge is 0.247 e. The number of nitrogens with zero attached hydrogens (tertiary/aromatic N) is 3. The number of thioether (sulfide) groups is 1. The predicted octanol–water partition coefficient (Wildman–Crippen LogP) is 2.12. The van der Waals surface area contributed by atoms with Crippen molar-refractivity contribution in [3.05, 3.63) is 53.6 Å². The number of anilines is 1. The lowest BCUT2D eigenvalue weighted by atomic mass is 10.2. The molecule has 4 N–H and O–H groups in total. The number of carbonyl (C=O) groups excluding carboxylic acids is 2. The van der Waals surface area contributed by atoms with Crippen LogP contribution in [0.3, 0.4) is 0 Å². The van der Waals surface area contributed by atoms with Gasteiger partial charge in [0.1, 0.15) is 5.25 Å². The van der Waals surface area contributed by atoms with Crippen molar-refractivity contribution in [3.8, 4) is 11.5 Å². The van der Waals surface area contributed by atoms with E-state index in [1.54, 1.807) is 12.1 Å². The topological polar surface area (TPSA) is 129 Å². The van der Waals surface area contributed by atoms with Gasteiger partial charge in [0, 0.05) is 6.42 Å². The van der Waals surface area contributed by atoms with Crippen molar-refractivity contribution in [1.82, 2.24) is 0 Å². The van der Waals surface area contributed by atoms with Crippen molar-refractivity contribution in [3.63, 3.8) is 0 Å². The average Bonchev–Trinajstić information content (AvgIpc) is 2.92. The first kappa shape index (κ1) is 19.4. The van der Waals surface area contributed by atoms with E-state index in [-0.39, 0.29) is 34.9 Å². The summed E-state index contributed by atoms with van der Waals surface area (Å²) < 4.78 is 0. The second-order valence-corrected chi connectivity index (χ2v) is 7.32. The molecule has 3 rings (SSSR count). The molecule has 1 aliphatic rings. The minimum Gasteiger partial charge on any atom is -0.504 e. The molecule has 2 aromatic rings. The predicted molar refractivity (Wildman–Crippen MR) is 109 cm³/mol. The molecule has 0 saturated carbocycles. The molecule has 1 aliphatic heterocycles. The highest BCUT2D eigenvalue weighted by atomic mass is 32.2. The Labute approximate surface area is 165 Å². The minimum absolute atomic E-state index is 0.0314. The highest BCUT2D eigenvalue weighted by molar-refractivity contribution is 8.14. The third kappa shape index (κ3) is 4.15. The Morgan fingerprint density at radius 1 is 1.21 bits per heavy atom. The molecule has 2 amide bonds. The van der Waals surface area contributed by atoms with Gasteiger partial charge in [0.25, 0.3) is 0 Å². The van der Waals surface area contributed by atoms with E-state index in [9.17, 15) is 19.8 Å². The molecule has 2 aromatic carbocycles. The summed E-state index contributed by atoms with van der Waals surface area (Å²) in [6.45, 7) is 1.84. The number of aryl methyl sites for hydroxylation is 1. The third-order valence-electron chi connectivity index (χ3n) is 4.09. The van der Waals surface area contributed by atoms with E-state index in [1.165, 1.54) is 29.3 Å². The van der Waals surface area contributed by atoms with Crippen molar-refractivity contribution in [1.29, 1.82) is 0 Å². The van der Waals surface area contributed by atoms with Gasteiger partial charge < -0.3 is 15.9 Å². The fourth-order valence-electron chi connectivity index (χ4n) is 2.71. The van der Waals surface area contributed by atoms with Gasteiger partial charge in [-0.1, -0.05) is 30.0 Å². The zero-order chi connectivity index (χ0) is 20.3. The molecule has 144 valence electrons. The first-order chi connectivity index (χ1) is 13.4. The van der Waals surface area contributed by atoms with E-state index in [4.69, 9.17) is 5.73 Å². The summed E-state index contributed by atoms with van der Waals surface area (Å²) in [7, 11) is 0. The van der Waals surface area contributed by atoms with Crippen molar-refractivity contribution >= 4 is 40.6 Å². The summed E-state index contributed by atoms with van der Waals surface area (Å²) in [5, 5.41) is 25.7. The van der Waals surface area contributed by atoms with E-state index in [0.717, 1.165) is 17.3 Å². The molecule has 1 fully saturated rings. The number of aromatic hydroxyl groups is 2. The van der Waals surface area contributed by atoms with E-state index >= 15 is 0 Å². The van der Waals surface area contributed by atoms with Gasteiger partial charge in [0.15, 0.2) is 16.7 Å². The number of amidine groups is 1. The lowest BCUT2D eigenvalue weighted by molar-refractivity contribution is -0.121. The van der Waals surface area contributed by atoms with Crippen LogP contribution in [0, 0.1) is 6.92 Å². The zero-order valence-corrected chi connectivity index (χ0v) is 15.8. The number of hydrogen-bond donors (Lipinski definition) is 3. The summed E-state index contributed by atoms with van der Waals surface area (Å²) in [6.07, 6.45) is 1.37. The van der Waals surface area contributed by atoms with Crippen LogP contribution in [0.5, 0.6) is 11.5 Å².